The highest BCUT2D eigenvalue weighted by molar-refractivity contribution is 5.76. The molecule has 0 spiro atoms. The molecule has 5 heteroatoms. The van der Waals surface area contributed by atoms with Crippen LogP contribution in [0.4, 0.5) is 0 Å². The van der Waals surface area contributed by atoms with E-state index in [4.69, 9.17) is 6.42 Å². The van der Waals surface area contributed by atoms with Crippen molar-refractivity contribution >= 4 is 5.91 Å². The second kappa shape index (κ2) is 7.85. The molecule has 1 amide bonds. The molecule has 0 saturated carbocycles. The normalized spacial score (nSPS) is 11.6. The van der Waals surface area contributed by atoms with E-state index < -0.39 is 0 Å². The van der Waals surface area contributed by atoms with Crippen molar-refractivity contribution in [1.29, 1.82) is 0 Å². The lowest BCUT2D eigenvalue weighted by molar-refractivity contribution is -0.122. The first-order valence-corrected chi connectivity index (χ1v) is 6.90. The van der Waals surface area contributed by atoms with E-state index in [0.29, 0.717) is 25.8 Å². The number of benzene rings is 1. The maximum absolute atomic E-state index is 12.0. The smallest absolute Gasteiger partial charge is 0.220 e. The molecular weight excluding hydrogens is 264 g/mol. The van der Waals surface area contributed by atoms with Gasteiger partial charge >= 0.3 is 0 Å². The molecule has 0 fully saturated rings. The lowest BCUT2D eigenvalue weighted by Crippen LogP contribution is -2.28. The minimum Gasteiger partial charge on any atom is -0.348 e. The quantitative estimate of drug-likeness (QED) is 0.789. The van der Waals surface area contributed by atoms with Crippen LogP contribution in [0.2, 0.25) is 0 Å². The van der Waals surface area contributed by atoms with Gasteiger partial charge in [0.25, 0.3) is 0 Å². The van der Waals surface area contributed by atoms with E-state index in [2.05, 4.69) is 21.3 Å². The lowest BCUT2D eigenvalue weighted by atomic mass is 10.0. The van der Waals surface area contributed by atoms with Crippen LogP contribution >= 0.6 is 0 Å². The number of hydrogen-bond acceptors (Lipinski definition) is 3. The Morgan fingerprint density at radius 3 is 2.86 bits per heavy atom. The number of hydrogen-bond donors (Lipinski definition) is 1. The number of carbonyl (C=O) groups is 1. The average molecular weight is 282 g/mol. The molecule has 2 aromatic rings. The Morgan fingerprint density at radius 1 is 1.38 bits per heavy atom. The van der Waals surface area contributed by atoms with Crippen molar-refractivity contribution < 1.29 is 4.79 Å². The molecule has 1 atom stereocenters. The predicted octanol–water partition coefficient (Wildman–Crippen LogP) is 1.94. The zero-order valence-corrected chi connectivity index (χ0v) is 11.8. The van der Waals surface area contributed by atoms with Gasteiger partial charge in [-0.2, -0.15) is 5.10 Å². The molecule has 5 nitrogen and oxygen atoms in total. The van der Waals surface area contributed by atoms with E-state index in [9.17, 15) is 4.79 Å². The topological polar surface area (TPSA) is 59.8 Å². The second-order valence-electron chi connectivity index (χ2n) is 4.70. The molecule has 1 N–H and O–H groups in total. The number of aryl methyl sites for hydroxylation is 1. The fourth-order valence-electron chi connectivity index (χ4n) is 2.07. The van der Waals surface area contributed by atoms with E-state index in [0.717, 1.165) is 5.56 Å². The summed E-state index contributed by atoms with van der Waals surface area (Å²) in [6, 6.07) is 9.63. The number of terminal acetylenes is 1. The summed E-state index contributed by atoms with van der Waals surface area (Å²) in [6.45, 7) is 0.679. The summed E-state index contributed by atoms with van der Waals surface area (Å²) in [5.74, 6) is 2.61. The van der Waals surface area contributed by atoms with E-state index in [1.165, 1.54) is 6.33 Å². The Bertz CT molecular complexity index is 586. The van der Waals surface area contributed by atoms with Crippen LogP contribution in [0.1, 0.15) is 30.9 Å². The van der Waals surface area contributed by atoms with Gasteiger partial charge in [-0.15, -0.1) is 12.3 Å². The number of rotatable bonds is 7. The first-order valence-electron chi connectivity index (χ1n) is 6.90. The van der Waals surface area contributed by atoms with Gasteiger partial charge in [-0.3, -0.25) is 9.48 Å². The van der Waals surface area contributed by atoms with E-state index in [1.807, 2.05) is 30.3 Å². The van der Waals surface area contributed by atoms with Crippen LogP contribution in [0.25, 0.3) is 0 Å². The van der Waals surface area contributed by atoms with Crippen molar-refractivity contribution in [2.45, 2.75) is 31.8 Å². The molecule has 0 bridgehead atoms. The summed E-state index contributed by atoms with van der Waals surface area (Å²) in [4.78, 5) is 15.9. The van der Waals surface area contributed by atoms with Gasteiger partial charge < -0.3 is 5.32 Å². The van der Waals surface area contributed by atoms with Crippen LogP contribution < -0.4 is 5.32 Å². The number of nitrogens with zero attached hydrogens (tertiary/aromatic N) is 3. The van der Waals surface area contributed by atoms with Gasteiger partial charge in [0.2, 0.25) is 5.91 Å². The largest absolute Gasteiger partial charge is 0.348 e. The number of nitrogens with one attached hydrogen (secondary N) is 1. The first-order chi connectivity index (χ1) is 10.3. The van der Waals surface area contributed by atoms with Gasteiger partial charge in [0.1, 0.15) is 12.7 Å². The van der Waals surface area contributed by atoms with Crippen LogP contribution in [0.3, 0.4) is 0 Å². The van der Waals surface area contributed by atoms with Crippen molar-refractivity contribution in [2.24, 2.45) is 0 Å². The molecule has 0 unspecified atom stereocenters. The van der Waals surface area contributed by atoms with E-state index >= 15 is 0 Å². The fourth-order valence-corrected chi connectivity index (χ4v) is 2.07. The second-order valence-corrected chi connectivity index (χ2v) is 4.70. The van der Waals surface area contributed by atoms with Crippen molar-refractivity contribution in [1.82, 2.24) is 20.1 Å². The Balaban J connectivity index is 1.82. The number of amides is 1. The van der Waals surface area contributed by atoms with Gasteiger partial charge in [0.05, 0.1) is 6.04 Å². The van der Waals surface area contributed by atoms with Crippen LogP contribution in [0, 0.1) is 12.3 Å². The molecule has 0 saturated heterocycles. The standard InChI is InChI=1S/C16H18N4O/c1-2-7-15(14-8-4-3-5-9-14)19-16(21)10-6-11-20-13-17-12-18-20/h1,3-5,8-9,12-13,15H,6-7,10-11H2,(H,19,21)/t15-/m1/s1. The zero-order chi connectivity index (χ0) is 14.9. The summed E-state index contributed by atoms with van der Waals surface area (Å²) in [6.07, 6.45) is 10.2. The van der Waals surface area contributed by atoms with Crippen LogP contribution in [-0.2, 0) is 11.3 Å². The third kappa shape index (κ3) is 4.77. The van der Waals surface area contributed by atoms with Gasteiger partial charge in [-0.1, -0.05) is 30.3 Å². The van der Waals surface area contributed by atoms with Crippen molar-refractivity contribution in [2.75, 3.05) is 0 Å². The first kappa shape index (κ1) is 14.8. The molecule has 108 valence electrons. The molecule has 21 heavy (non-hydrogen) atoms. The van der Waals surface area contributed by atoms with Crippen LogP contribution in [0.5, 0.6) is 0 Å². The third-order valence-corrected chi connectivity index (χ3v) is 3.12. The zero-order valence-electron chi connectivity index (χ0n) is 11.8. The predicted molar refractivity (Wildman–Crippen MR) is 80.0 cm³/mol. The Morgan fingerprint density at radius 2 is 2.19 bits per heavy atom. The monoisotopic (exact) mass is 282 g/mol. The Labute approximate surface area is 124 Å². The molecule has 1 aromatic carbocycles. The van der Waals surface area contributed by atoms with E-state index in [-0.39, 0.29) is 11.9 Å². The number of aromatic nitrogens is 3. The van der Waals surface area contributed by atoms with Gasteiger partial charge in [-0.25, -0.2) is 4.98 Å². The lowest BCUT2D eigenvalue weighted by Gasteiger charge is -2.17. The maximum Gasteiger partial charge on any atom is 0.220 e. The molecule has 0 radical (unpaired) electrons. The minimum absolute atomic E-state index is 0.000724. The summed E-state index contributed by atoms with van der Waals surface area (Å²) < 4.78 is 1.71. The summed E-state index contributed by atoms with van der Waals surface area (Å²) >= 11 is 0. The maximum atomic E-state index is 12.0. The highest BCUT2D eigenvalue weighted by Crippen LogP contribution is 2.16. The molecule has 1 aromatic heterocycles. The summed E-state index contributed by atoms with van der Waals surface area (Å²) in [5, 5.41) is 6.99. The molecule has 1 heterocycles. The van der Waals surface area contributed by atoms with E-state index in [1.54, 1.807) is 11.0 Å². The Hall–Kier alpha value is -2.61. The molecule has 0 aliphatic rings. The highest BCUT2D eigenvalue weighted by Gasteiger charge is 2.13. The van der Waals surface area contributed by atoms with Gasteiger partial charge in [0, 0.05) is 19.4 Å². The average Bonchev–Trinajstić information content (AvgIpc) is 3.01. The van der Waals surface area contributed by atoms with Crippen molar-refractivity contribution in [3.8, 4) is 12.3 Å². The fraction of sp³-hybridized carbons (Fsp3) is 0.312. The van der Waals surface area contributed by atoms with Crippen LogP contribution in [-0.4, -0.2) is 20.7 Å². The highest BCUT2D eigenvalue weighted by atomic mass is 16.1. The Kier molecular flexibility index (Phi) is 5.53. The molecule has 0 aliphatic heterocycles. The van der Waals surface area contributed by atoms with Gasteiger partial charge in [-0.05, 0) is 12.0 Å². The van der Waals surface area contributed by atoms with Crippen molar-refractivity contribution in [3.05, 3.63) is 48.5 Å². The van der Waals surface area contributed by atoms with Gasteiger partial charge in [0.15, 0.2) is 0 Å². The number of carbonyl (C=O) groups excluding carboxylic acids is 1. The third-order valence-electron chi connectivity index (χ3n) is 3.12. The molecular formula is C16H18N4O. The summed E-state index contributed by atoms with van der Waals surface area (Å²) in [7, 11) is 0. The summed E-state index contributed by atoms with van der Waals surface area (Å²) in [5.41, 5.74) is 1.03. The minimum atomic E-state index is -0.130. The van der Waals surface area contributed by atoms with Crippen LogP contribution in [0.15, 0.2) is 43.0 Å². The molecule has 2 rings (SSSR count). The van der Waals surface area contributed by atoms with Crippen molar-refractivity contribution in [3.63, 3.8) is 0 Å². The molecule has 0 aliphatic carbocycles. The SMILES string of the molecule is C#CC[C@@H](NC(=O)CCCn1cncn1)c1ccccc1.